The highest BCUT2D eigenvalue weighted by atomic mass is 79.9. The van der Waals surface area contributed by atoms with Gasteiger partial charge in [-0.2, -0.15) is 0 Å². The molecule has 19 heavy (non-hydrogen) atoms. The third-order valence-electron chi connectivity index (χ3n) is 4.40. The van der Waals surface area contributed by atoms with Crippen LogP contribution in [0, 0.1) is 0 Å². The molecule has 2 nitrogen and oxygen atoms in total. The van der Waals surface area contributed by atoms with Gasteiger partial charge < -0.3 is 10.2 Å². The van der Waals surface area contributed by atoms with E-state index in [1.807, 2.05) is 12.1 Å². The van der Waals surface area contributed by atoms with Gasteiger partial charge >= 0.3 is 0 Å². The largest absolute Gasteiger partial charge is 0.308 e. The third-order valence-corrected chi connectivity index (χ3v) is 5.22. The number of hydrogen-bond acceptors (Lipinski definition) is 2. The second-order valence-corrected chi connectivity index (χ2v) is 7.06. The van der Waals surface area contributed by atoms with Crippen LogP contribution >= 0.6 is 27.5 Å². The number of rotatable bonds is 5. The molecule has 1 aromatic carbocycles. The molecule has 0 bridgehead atoms. The number of nitrogens with one attached hydrogen (secondary N) is 1. The van der Waals surface area contributed by atoms with Crippen LogP contribution in [0.5, 0.6) is 0 Å². The lowest BCUT2D eigenvalue weighted by atomic mass is 9.75. The minimum absolute atomic E-state index is 0.276. The van der Waals surface area contributed by atoms with Crippen molar-refractivity contribution in [1.29, 1.82) is 0 Å². The molecule has 1 aromatic rings. The first-order valence-electron chi connectivity index (χ1n) is 6.80. The Balaban J connectivity index is 1.99. The first-order chi connectivity index (χ1) is 8.94. The molecular formula is C15H22BrClN2. The van der Waals surface area contributed by atoms with Gasteiger partial charge in [0.05, 0.1) is 0 Å². The fraction of sp³-hybridized carbons (Fsp3) is 0.600. The normalized spacial score (nSPS) is 19.3. The summed E-state index contributed by atoms with van der Waals surface area (Å²) in [5, 5.41) is 4.46. The Morgan fingerprint density at radius 3 is 2.58 bits per heavy atom. The predicted octanol–water partition coefficient (Wildman–Crippen LogP) is 4.24. The standard InChI is InChI=1S/C15H22BrClN2/c1-11(13-6-5-12(16)9-14(13)17)18-10-15(19(2)3)7-4-8-15/h5-6,9,11,18H,4,7-8,10H2,1-3H3. The van der Waals surface area contributed by atoms with Crippen molar-refractivity contribution < 1.29 is 0 Å². The molecule has 1 unspecified atom stereocenters. The molecule has 0 amide bonds. The minimum Gasteiger partial charge on any atom is -0.308 e. The van der Waals surface area contributed by atoms with Gasteiger partial charge in [0, 0.05) is 27.6 Å². The van der Waals surface area contributed by atoms with Crippen LogP contribution in [0.15, 0.2) is 22.7 Å². The zero-order valence-electron chi connectivity index (χ0n) is 11.8. The van der Waals surface area contributed by atoms with Gasteiger partial charge in [-0.05, 0) is 58.0 Å². The van der Waals surface area contributed by atoms with Gasteiger partial charge in [-0.1, -0.05) is 33.6 Å². The molecule has 0 aliphatic heterocycles. The first-order valence-corrected chi connectivity index (χ1v) is 7.97. The van der Waals surface area contributed by atoms with Crippen LogP contribution in [-0.2, 0) is 0 Å². The maximum absolute atomic E-state index is 6.30. The minimum atomic E-state index is 0.276. The van der Waals surface area contributed by atoms with E-state index in [0.29, 0.717) is 5.54 Å². The monoisotopic (exact) mass is 344 g/mol. The lowest BCUT2D eigenvalue weighted by Gasteiger charge is -2.48. The maximum Gasteiger partial charge on any atom is 0.0464 e. The molecule has 0 spiro atoms. The van der Waals surface area contributed by atoms with Crippen molar-refractivity contribution in [2.45, 2.75) is 37.8 Å². The zero-order valence-corrected chi connectivity index (χ0v) is 14.2. The number of hydrogen-bond donors (Lipinski definition) is 1. The van der Waals surface area contributed by atoms with Crippen molar-refractivity contribution >= 4 is 27.5 Å². The van der Waals surface area contributed by atoms with E-state index in [2.05, 4.69) is 53.2 Å². The van der Waals surface area contributed by atoms with Gasteiger partial charge in [-0.15, -0.1) is 0 Å². The van der Waals surface area contributed by atoms with Gasteiger partial charge in [0.25, 0.3) is 0 Å². The summed E-state index contributed by atoms with van der Waals surface area (Å²) in [6.45, 7) is 3.20. The molecule has 0 radical (unpaired) electrons. The highest BCUT2D eigenvalue weighted by molar-refractivity contribution is 9.10. The fourth-order valence-corrected chi connectivity index (χ4v) is 3.51. The molecule has 4 heteroatoms. The molecular weight excluding hydrogens is 324 g/mol. The summed E-state index contributed by atoms with van der Waals surface area (Å²) in [7, 11) is 4.36. The van der Waals surface area contributed by atoms with E-state index in [9.17, 15) is 0 Å². The summed E-state index contributed by atoms with van der Waals surface area (Å²) in [6, 6.07) is 6.37. The average molecular weight is 346 g/mol. The predicted molar refractivity (Wildman–Crippen MR) is 85.8 cm³/mol. The van der Waals surface area contributed by atoms with Crippen molar-refractivity contribution in [2.24, 2.45) is 0 Å². The fourth-order valence-electron chi connectivity index (χ4n) is 2.67. The zero-order chi connectivity index (χ0) is 14.0. The summed E-state index contributed by atoms with van der Waals surface area (Å²) in [5.41, 5.74) is 1.51. The Hall–Kier alpha value is -0.0900. The van der Waals surface area contributed by atoms with Crippen LogP contribution in [-0.4, -0.2) is 31.1 Å². The lowest BCUT2D eigenvalue weighted by Crippen LogP contribution is -2.56. The van der Waals surface area contributed by atoms with Gasteiger partial charge in [0.15, 0.2) is 0 Å². The van der Waals surface area contributed by atoms with Crippen LogP contribution in [0.4, 0.5) is 0 Å². The topological polar surface area (TPSA) is 15.3 Å². The maximum atomic E-state index is 6.30. The van der Waals surface area contributed by atoms with Crippen LogP contribution in [0.1, 0.15) is 37.8 Å². The van der Waals surface area contributed by atoms with E-state index >= 15 is 0 Å². The van der Waals surface area contributed by atoms with Gasteiger partial charge in [-0.25, -0.2) is 0 Å². The van der Waals surface area contributed by atoms with Crippen molar-refractivity contribution in [3.05, 3.63) is 33.3 Å². The molecule has 1 saturated carbocycles. The van der Waals surface area contributed by atoms with Gasteiger partial charge in [0.1, 0.15) is 0 Å². The number of halogens is 2. The molecule has 0 saturated heterocycles. The molecule has 1 N–H and O–H groups in total. The van der Waals surface area contributed by atoms with Crippen LogP contribution in [0.25, 0.3) is 0 Å². The van der Waals surface area contributed by atoms with E-state index in [0.717, 1.165) is 21.6 Å². The molecule has 1 fully saturated rings. The number of likely N-dealkylation sites (N-methyl/N-ethyl adjacent to an activating group) is 1. The van der Waals surface area contributed by atoms with E-state index in [4.69, 9.17) is 11.6 Å². The van der Waals surface area contributed by atoms with Crippen molar-refractivity contribution in [1.82, 2.24) is 10.2 Å². The Bertz CT molecular complexity index is 444. The quantitative estimate of drug-likeness (QED) is 0.859. The van der Waals surface area contributed by atoms with E-state index in [1.165, 1.54) is 19.3 Å². The average Bonchev–Trinajstić information content (AvgIpc) is 2.26. The first kappa shape index (κ1) is 15.3. The summed E-state index contributed by atoms with van der Waals surface area (Å²) in [6.07, 6.45) is 3.91. The molecule has 0 heterocycles. The van der Waals surface area contributed by atoms with Crippen LogP contribution in [0.2, 0.25) is 5.02 Å². The van der Waals surface area contributed by atoms with Crippen molar-refractivity contribution in [3.63, 3.8) is 0 Å². The Labute approximate surface area is 129 Å². The Morgan fingerprint density at radius 1 is 1.42 bits per heavy atom. The van der Waals surface area contributed by atoms with E-state index < -0.39 is 0 Å². The number of nitrogens with zero attached hydrogens (tertiary/aromatic N) is 1. The van der Waals surface area contributed by atoms with Crippen LogP contribution in [0.3, 0.4) is 0 Å². The summed E-state index contributed by atoms with van der Waals surface area (Å²) >= 11 is 9.75. The highest BCUT2D eigenvalue weighted by Crippen LogP contribution is 2.36. The number of benzene rings is 1. The van der Waals surface area contributed by atoms with E-state index in [-0.39, 0.29) is 6.04 Å². The molecule has 2 rings (SSSR count). The summed E-state index contributed by atoms with van der Waals surface area (Å²) in [5.74, 6) is 0. The van der Waals surface area contributed by atoms with Gasteiger partial charge in [0.2, 0.25) is 0 Å². The molecule has 1 aliphatic rings. The molecule has 1 atom stereocenters. The summed E-state index contributed by atoms with van der Waals surface area (Å²) in [4.78, 5) is 2.36. The van der Waals surface area contributed by atoms with Crippen molar-refractivity contribution in [2.75, 3.05) is 20.6 Å². The van der Waals surface area contributed by atoms with E-state index in [1.54, 1.807) is 0 Å². The smallest absolute Gasteiger partial charge is 0.0464 e. The molecule has 1 aliphatic carbocycles. The second kappa shape index (κ2) is 6.13. The molecule has 0 aromatic heterocycles. The van der Waals surface area contributed by atoms with Gasteiger partial charge in [-0.3, -0.25) is 0 Å². The highest BCUT2D eigenvalue weighted by Gasteiger charge is 2.38. The Kier molecular flexibility index (Phi) is 4.93. The lowest BCUT2D eigenvalue weighted by molar-refractivity contribution is 0.0576. The third kappa shape index (κ3) is 3.33. The molecule has 106 valence electrons. The Morgan fingerprint density at radius 2 is 2.11 bits per heavy atom. The van der Waals surface area contributed by atoms with Crippen LogP contribution < -0.4 is 5.32 Å². The SMILES string of the molecule is CC(NCC1(N(C)C)CCC1)c1ccc(Br)cc1Cl. The second-order valence-electron chi connectivity index (χ2n) is 5.74. The van der Waals surface area contributed by atoms with Crippen molar-refractivity contribution in [3.8, 4) is 0 Å². The summed E-state index contributed by atoms with van der Waals surface area (Å²) < 4.78 is 1.03.